The van der Waals surface area contributed by atoms with Gasteiger partial charge in [-0.15, -0.1) is 0 Å². The van der Waals surface area contributed by atoms with Crippen molar-refractivity contribution in [2.45, 2.75) is 11.8 Å². The van der Waals surface area contributed by atoms with Crippen molar-refractivity contribution in [3.63, 3.8) is 0 Å². The molecule has 23 heavy (non-hydrogen) atoms. The molecule has 4 rings (SSSR count). The molecule has 2 aromatic carbocycles. The summed E-state index contributed by atoms with van der Waals surface area (Å²) in [5.74, 6) is -0.977. The first-order chi connectivity index (χ1) is 11.1. The summed E-state index contributed by atoms with van der Waals surface area (Å²) < 4.78 is 13.9. The molecular formula is C18H15FN2O2. The number of benzene rings is 2. The van der Waals surface area contributed by atoms with Crippen LogP contribution in [0.2, 0.25) is 0 Å². The van der Waals surface area contributed by atoms with Gasteiger partial charge in [0.2, 0.25) is 5.91 Å². The fourth-order valence-electron chi connectivity index (χ4n) is 3.57. The third kappa shape index (κ3) is 1.96. The fraction of sp³-hybridized carbons (Fsp3) is 0.222. The standard InChI is InChI=1S/C18H15FN2O2/c19-14-7-3-1-5-12(14)16(22)21-10-9-18(11-21)13-6-2-4-8-15(13)20-17(18)23/h1-8H,9-11H2,(H,20,23). The smallest absolute Gasteiger partial charge is 0.256 e. The van der Waals surface area contributed by atoms with E-state index in [1.54, 1.807) is 17.0 Å². The highest BCUT2D eigenvalue weighted by molar-refractivity contribution is 6.07. The van der Waals surface area contributed by atoms with Crippen LogP contribution in [0.4, 0.5) is 10.1 Å². The Morgan fingerprint density at radius 2 is 1.87 bits per heavy atom. The number of halogens is 1. The maximum atomic E-state index is 13.9. The fourth-order valence-corrected chi connectivity index (χ4v) is 3.57. The van der Waals surface area contributed by atoms with E-state index in [-0.39, 0.29) is 23.9 Å². The van der Waals surface area contributed by atoms with E-state index in [4.69, 9.17) is 0 Å². The van der Waals surface area contributed by atoms with E-state index in [2.05, 4.69) is 5.32 Å². The van der Waals surface area contributed by atoms with E-state index in [1.165, 1.54) is 12.1 Å². The monoisotopic (exact) mass is 310 g/mol. The maximum absolute atomic E-state index is 13.9. The van der Waals surface area contributed by atoms with Gasteiger partial charge in [0.05, 0.1) is 11.0 Å². The van der Waals surface area contributed by atoms with E-state index >= 15 is 0 Å². The average Bonchev–Trinajstić information content (AvgIpc) is 3.12. The van der Waals surface area contributed by atoms with Gasteiger partial charge in [-0.2, -0.15) is 0 Å². The van der Waals surface area contributed by atoms with Gasteiger partial charge in [0.1, 0.15) is 5.82 Å². The molecule has 1 N–H and O–H groups in total. The summed E-state index contributed by atoms with van der Waals surface area (Å²) in [7, 11) is 0. The second-order valence-electron chi connectivity index (χ2n) is 6.04. The summed E-state index contributed by atoms with van der Waals surface area (Å²) in [6.45, 7) is 0.720. The molecule has 1 atom stereocenters. The van der Waals surface area contributed by atoms with Gasteiger partial charge in [0, 0.05) is 18.8 Å². The number of hydrogen-bond acceptors (Lipinski definition) is 2. The lowest BCUT2D eigenvalue weighted by atomic mass is 9.81. The zero-order valence-electron chi connectivity index (χ0n) is 12.4. The van der Waals surface area contributed by atoms with E-state index in [9.17, 15) is 14.0 Å². The zero-order chi connectivity index (χ0) is 16.0. The molecule has 1 unspecified atom stereocenters. The van der Waals surface area contributed by atoms with Crippen LogP contribution in [0.15, 0.2) is 48.5 Å². The molecule has 0 bridgehead atoms. The molecule has 2 aliphatic heterocycles. The number of rotatable bonds is 1. The molecule has 1 fully saturated rings. The first-order valence-electron chi connectivity index (χ1n) is 7.57. The van der Waals surface area contributed by atoms with Crippen LogP contribution in [0.5, 0.6) is 0 Å². The second-order valence-corrected chi connectivity index (χ2v) is 6.04. The minimum absolute atomic E-state index is 0.0521. The Morgan fingerprint density at radius 1 is 1.13 bits per heavy atom. The Morgan fingerprint density at radius 3 is 2.70 bits per heavy atom. The highest BCUT2D eigenvalue weighted by Gasteiger charge is 2.52. The van der Waals surface area contributed by atoms with Crippen LogP contribution in [0.3, 0.4) is 0 Å². The summed E-state index contributed by atoms with van der Waals surface area (Å²) in [4.78, 5) is 26.7. The average molecular weight is 310 g/mol. The first kappa shape index (κ1) is 13.9. The van der Waals surface area contributed by atoms with Gasteiger partial charge < -0.3 is 10.2 Å². The van der Waals surface area contributed by atoms with Crippen molar-refractivity contribution in [3.05, 3.63) is 65.5 Å². The number of hydrogen-bond donors (Lipinski definition) is 1. The normalized spacial score (nSPS) is 22.3. The number of anilines is 1. The predicted molar refractivity (Wildman–Crippen MR) is 83.7 cm³/mol. The third-order valence-electron chi connectivity index (χ3n) is 4.79. The number of para-hydroxylation sites is 1. The Balaban J connectivity index is 1.66. The molecule has 2 heterocycles. The topological polar surface area (TPSA) is 49.4 Å². The van der Waals surface area contributed by atoms with Crippen LogP contribution in [-0.2, 0) is 10.2 Å². The van der Waals surface area contributed by atoms with Crippen molar-refractivity contribution < 1.29 is 14.0 Å². The summed E-state index contributed by atoms with van der Waals surface area (Å²) in [5, 5.41) is 2.89. The second kappa shape index (κ2) is 4.91. The number of fused-ring (bicyclic) bond motifs is 2. The van der Waals surface area contributed by atoms with Crippen LogP contribution in [0.1, 0.15) is 22.3 Å². The number of carbonyl (C=O) groups excluding carboxylic acids is 2. The third-order valence-corrected chi connectivity index (χ3v) is 4.79. The lowest BCUT2D eigenvalue weighted by molar-refractivity contribution is -0.120. The van der Waals surface area contributed by atoms with Gasteiger partial charge in [-0.1, -0.05) is 30.3 Å². The lowest BCUT2D eigenvalue weighted by Gasteiger charge is -2.22. The van der Waals surface area contributed by atoms with Crippen molar-refractivity contribution in [3.8, 4) is 0 Å². The van der Waals surface area contributed by atoms with Gasteiger partial charge in [0.15, 0.2) is 0 Å². The molecule has 1 spiro atoms. The highest BCUT2D eigenvalue weighted by Crippen LogP contribution is 2.44. The van der Waals surface area contributed by atoms with Crippen LogP contribution in [0.25, 0.3) is 0 Å². The van der Waals surface area contributed by atoms with Gasteiger partial charge in [-0.25, -0.2) is 4.39 Å². The molecule has 0 aliphatic carbocycles. The van der Waals surface area contributed by atoms with Gasteiger partial charge >= 0.3 is 0 Å². The number of amides is 2. The summed E-state index contributed by atoms with van der Waals surface area (Å²) in [6, 6.07) is 13.5. The Kier molecular flexibility index (Phi) is 2.98. The first-order valence-corrected chi connectivity index (χ1v) is 7.57. The van der Waals surface area contributed by atoms with Gasteiger partial charge in [-0.05, 0) is 30.2 Å². The number of carbonyl (C=O) groups is 2. The van der Waals surface area contributed by atoms with Crippen LogP contribution in [-0.4, -0.2) is 29.8 Å². The lowest BCUT2D eigenvalue weighted by Crippen LogP contribution is -2.39. The molecule has 0 saturated carbocycles. The van der Waals surface area contributed by atoms with E-state index in [0.29, 0.717) is 13.0 Å². The minimum atomic E-state index is -0.711. The molecular weight excluding hydrogens is 295 g/mol. The number of nitrogens with one attached hydrogen (secondary N) is 1. The zero-order valence-corrected chi connectivity index (χ0v) is 12.4. The van der Waals surface area contributed by atoms with Gasteiger partial charge in [0.25, 0.3) is 5.91 Å². The molecule has 1 saturated heterocycles. The largest absolute Gasteiger partial charge is 0.337 e. The quantitative estimate of drug-likeness (QED) is 0.880. The SMILES string of the molecule is O=C(c1ccccc1F)N1CCC2(C1)C(=O)Nc1ccccc12. The van der Waals surface area contributed by atoms with Crippen LogP contribution < -0.4 is 5.32 Å². The summed E-state index contributed by atoms with van der Waals surface area (Å²) in [5.41, 5.74) is 1.07. The molecule has 2 aromatic rings. The predicted octanol–water partition coefficient (Wildman–Crippen LogP) is 2.56. The van der Waals surface area contributed by atoms with E-state index in [1.807, 2.05) is 24.3 Å². The van der Waals surface area contributed by atoms with Crippen molar-refractivity contribution in [2.75, 3.05) is 18.4 Å². The molecule has 0 radical (unpaired) electrons. The Labute approximate surface area is 132 Å². The molecule has 2 aliphatic rings. The van der Waals surface area contributed by atoms with E-state index < -0.39 is 11.2 Å². The van der Waals surface area contributed by atoms with E-state index in [0.717, 1.165) is 11.3 Å². The Bertz CT molecular complexity index is 820. The van der Waals surface area contributed by atoms with Crippen LogP contribution in [0, 0.1) is 5.82 Å². The van der Waals surface area contributed by atoms with Crippen molar-refractivity contribution in [1.82, 2.24) is 4.90 Å². The molecule has 0 aromatic heterocycles. The van der Waals surface area contributed by atoms with Crippen molar-refractivity contribution in [2.24, 2.45) is 0 Å². The molecule has 4 nitrogen and oxygen atoms in total. The number of nitrogens with zero attached hydrogens (tertiary/aromatic N) is 1. The number of likely N-dealkylation sites (tertiary alicyclic amines) is 1. The van der Waals surface area contributed by atoms with Crippen LogP contribution >= 0.6 is 0 Å². The Hall–Kier alpha value is -2.69. The van der Waals surface area contributed by atoms with Crippen molar-refractivity contribution in [1.29, 1.82) is 0 Å². The maximum Gasteiger partial charge on any atom is 0.256 e. The molecule has 5 heteroatoms. The molecule has 2 amide bonds. The van der Waals surface area contributed by atoms with Crippen molar-refractivity contribution >= 4 is 17.5 Å². The highest BCUT2D eigenvalue weighted by atomic mass is 19.1. The molecule has 116 valence electrons. The summed E-state index contributed by atoms with van der Waals surface area (Å²) >= 11 is 0. The summed E-state index contributed by atoms with van der Waals surface area (Å²) in [6.07, 6.45) is 0.552. The van der Waals surface area contributed by atoms with Gasteiger partial charge in [-0.3, -0.25) is 9.59 Å². The minimum Gasteiger partial charge on any atom is -0.337 e.